The molecule has 6 heteroatoms. The lowest BCUT2D eigenvalue weighted by Gasteiger charge is -2.10. The highest BCUT2D eigenvalue weighted by Gasteiger charge is 2.19. The van der Waals surface area contributed by atoms with E-state index >= 15 is 0 Å². The number of carboxylic acid groups (broad SMARTS) is 2. The summed E-state index contributed by atoms with van der Waals surface area (Å²) in [5.74, 6) is -2.27. The first-order chi connectivity index (χ1) is 7.09. The summed E-state index contributed by atoms with van der Waals surface area (Å²) >= 11 is 1.49. The van der Waals surface area contributed by atoms with E-state index in [1.165, 1.54) is 11.3 Å². The van der Waals surface area contributed by atoms with Crippen LogP contribution in [0.15, 0.2) is 17.5 Å². The van der Waals surface area contributed by atoms with Crippen molar-refractivity contribution < 1.29 is 19.8 Å². The first-order valence-corrected chi connectivity index (χ1v) is 5.18. The largest absolute Gasteiger partial charge is 0.481 e. The predicted octanol–water partition coefficient (Wildman–Crippen LogP) is 0.766. The van der Waals surface area contributed by atoms with Crippen molar-refractivity contribution in [2.75, 3.05) is 0 Å². The number of hydrogen-bond acceptors (Lipinski definition) is 4. The molecule has 0 amide bonds. The Balaban J connectivity index is 2.45. The molecule has 1 heterocycles. The Kier molecular flexibility index (Phi) is 4.26. The average molecular weight is 229 g/mol. The fourth-order valence-corrected chi connectivity index (χ4v) is 1.71. The fourth-order valence-electron chi connectivity index (χ4n) is 1.06. The summed E-state index contributed by atoms with van der Waals surface area (Å²) in [6, 6.07) is 2.68. The Morgan fingerprint density at radius 1 is 1.47 bits per heavy atom. The summed E-state index contributed by atoms with van der Waals surface area (Å²) < 4.78 is 0. The zero-order valence-electron chi connectivity index (χ0n) is 7.84. The molecule has 0 aliphatic rings. The molecule has 1 unspecified atom stereocenters. The quantitative estimate of drug-likeness (QED) is 0.670. The van der Waals surface area contributed by atoms with E-state index in [1.807, 2.05) is 17.5 Å². The number of carboxylic acids is 2. The minimum atomic E-state index is -1.14. The first kappa shape index (κ1) is 11.7. The summed E-state index contributed by atoms with van der Waals surface area (Å²) in [6.07, 6.45) is -0.416. The minimum Gasteiger partial charge on any atom is -0.481 e. The maximum Gasteiger partial charge on any atom is 0.321 e. The second kappa shape index (κ2) is 5.47. The third kappa shape index (κ3) is 4.09. The molecule has 82 valence electrons. The van der Waals surface area contributed by atoms with Crippen molar-refractivity contribution in [2.24, 2.45) is 0 Å². The fraction of sp³-hybridized carbons (Fsp3) is 0.333. The number of aliphatic carboxylic acids is 2. The normalized spacial score (nSPS) is 12.3. The topological polar surface area (TPSA) is 86.6 Å². The Bertz CT molecular complexity index is 336. The van der Waals surface area contributed by atoms with Gasteiger partial charge in [-0.05, 0) is 11.4 Å². The molecule has 0 fully saturated rings. The van der Waals surface area contributed by atoms with E-state index < -0.39 is 24.4 Å². The molecule has 0 spiro atoms. The molecular formula is C9H11NO4S. The van der Waals surface area contributed by atoms with Crippen molar-refractivity contribution in [3.63, 3.8) is 0 Å². The van der Waals surface area contributed by atoms with E-state index in [4.69, 9.17) is 10.2 Å². The van der Waals surface area contributed by atoms with Crippen LogP contribution in [0.4, 0.5) is 0 Å². The Morgan fingerprint density at radius 2 is 2.20 bits per heavy atom. The maximum absolute atomic E-state index is 10.7. The highest BCUT2D eigenvalue weighted by molar-refractivity contribution is 7.09. The molecule has 0 saturated heterocycles. The molecule has 0 radical (unpaired) electrons. The van der Waals surface area contributed by atoms with Crippen molar-refractivity contribution in [2.45, 2.75) is 19.0 Å². The van der Waals surface area contributed by atoms with Crippen LogP contribution in [-0.4, -0.2) is 28.2 Å². The van der Waals surface area contributed by atoms with Crippen LogP contribution in [0.1, 0.15) is 11.3 Å². The second-order valence-corrected chi connectivity index (χ2v) is 3.98. The zero-order valence-corrected chi connectivity index (χ0v) is 8.66. The Labute approximate surface area is 90.4 Å². The lowest BCUT2D eigenvalue weighted by Crippen LogP contribution is -2.37. The van der Waals surface area contributed by atoms with Gasteiger partial charge >= 0.3 is 11.9 Å². The van der Waals surface area contributed by atoms with Gasteiger partial charge in [0.25, 0.3) is 0 Å². The number of hydrogen-bond donors (Lipinski definition) is 3. The average Bonchev–Trinajstić information content (AvgIpc) is 2.63. The van der Waals surface area contributed by atoms with E-state index in [0.29, 0.717) is 6.54 Å². The van der Waals surface area contributed by atoms with Crippen molar-refractivity contribution in [1.29, 1.82) is 0 Å². The summed E-state index contributed by atoms with van der Waals surface area (Å²) in [5, 5.41) is 21.8. The van der Waals surface area contributed by atoms with E-state index in [2.05, 4.69) is 5.32 Å². The molecule has 0 aliphatic heterocycles. The summed E-state index contributed by atoms with van der Waals surface area (Å²) in [6.45, 7) is 0.377. The van der Waals surface area contributed by atoms with Crippen LogP contribution in [0.3, 0.4) is 0 Å². The summed E-state index contributed by atoms with van der Waals surface area (Å²) in [4.78, 5) is 22.0. The number of carbonyl (C=O) groups is 2. The van der Waals surface area contributed by atoms with Gasteiger partial charge in [-0.3, -0.25) is 14.9 Å². The smallest absolute Gasteiger partial charge is 0.321 e. The van der Waals surface area contributed by atoms with E-state index in [1.54, 1.807) is 0 Å². The van der Waals surface area contributed by atoms with Crippen LogP contribution < -0.4 is 5.32 Å². The number of rotatable bonds is 6. The molecule has 0 aromatic carbocycles. The molecule has 0 saturated carbocycles. The van der Waals surface area contributed by atoms with Crippen molar-refractivity contribution in [3.05, 3.63) is 22.4 Å². The molecule has 1 aromatic heterocycles. The number of thiophene rings is 1. The molecule has 0 bridgehead atoms. The monoisotopic (exact) mass is 229 g/mol. The summed E-state index contributed by atoms with van der Waals surface area (Å²) in [5.41, 5.74) is 0. The number of nitrogens with one attached hydrogen (secondary N) is 1. The third-order valence-electron chi connectivity index (χ3n) is 1.78. The van der Waals surface area contributed by atoms with E-state index in [9.17, 15) is 9.59 Å². The van der Waals surface area contributed by atoms with Gasteiger partial charge in [-0.25, -0.2) is 0 Å². The van der Waals surface area contributed by atoms with Gasteiger partial charge in [0.2, 0.25) is 0 Å². The van der Waals surface area contributed by atoms with Crippen LogP contribution in [-0.2, 0) is 16.1 Å². The molecule has 1 rings (SSSR count). The van der Waals surface area contributed by atoms with Gasteiger partial charge < -0.3 is 10.2 Å². The van der Waals surface area contributed by atoms with Crippen LogP contribution in [0.25, 0.3) is 0 Å². The zero-order chi connectivity index (χ0) is 11.3. The molecule has 1 atom stereocenters. The molecule has 15 heavy (non-hydrogen) atoms. The van der Waals surface area contributed by atoms with Gasteiger partial charge in [0.05, 0.1) is 6.42 Å². The van der Waals surface area contributed by atoms with Crippen LogP contribution in [0.5, 0.6) is 0 Å². The van der Waals surface area contributed by atoms with Gasteiger partial charge in [-0.1, -0.05) is 6.07 Å². The standard InChI is InChI=1S/C9H11NO4S/c11-8(12)4-7(9(13)14)10-5-6-2-1-3-15-6/h1-3,7,10H,4-5H2,(H,11,12)(H,13,14). The SMILES string of the molecule is O=C(O)CC(NCc1cccs1)C(=O)O. The van der Waals surface area contributed by atoms with Gasteiger partial charge in [0.1, 0.15) is 6.04 Å². The highest BCUT2D eigenvalue weighted by Crippen LogP contribution is 2.08. The Morgan fingerprint density at radius 3 is 2.67 bits per heavy atom. The van der Waals surface area contributed by atoms with Crippen LogP contribution in [0.2, 0.25) is 0 Å². The lowest BCUT2D eigenvalue weighted by atomic mass is 10.2. The van der Waals surface area contributed by atoms with Gasteiger partial charge in [-0.15, -0.1) is 11.3 Å². The molecule has 0 aliphatic carbocycles. The lowest BCUT2D eigenvalue weighted by molar-refractivity contribution is -0.146. The molecule has 1 aromatic rings. The van der Waals surface area contributed by atoms with Crippen molar-refractivity contribution in [3.8, 4) is 0 Å². The first-order valence-electron chi connectivity index (χ1n) is 4.30. The van der Waals surface area contributed by atoms with Gasteiger partial charge in [0.15, 0.2) is 0 Å². The van der Waals surface area contributed by atoms with Crippen molar-refractivity contribution >= 4 is 23.3 Å². The molecule has 3 N–H and O–H groups in total. The summed E-state index contributed by atoms with van der Waals surface area (Å²) in [7, 11) is 0. The second-order valence-electron chi connectivity index (χ2n) is 2.95. The van der Waals surface area contributed by atoms with E-state index in [-0.39, 0.29) is 0 Å². The predicted molar refractivity (Wildman–Crippen MR) is 54.8 cm³/mol. The van der Waals surface area contributed by atoms with Gasteiger partial charge in [-0.2, -0.15) is 0 Å². The maximum atomic E-state index is 10.7. The molecular weight excluding hydrogens is 218 g/mol. The molecule has 5 nitrogen and oxygen atoms in total. The minimum absolute atomic E-state index is 0.377. The van der Waals surface area contributed by atoms with Crippen molar-refractivity contribution in [1.82, 2.24) is 5.32 Å². The van der Waals surface area contributed by atoms with Gasteiger partial charge in [0, 0.05) is 11.4 Å². The third-order valence-corrected chi connectivity index (χ3v) is 2.66. The van der Waals surface area contributed by atoms with Crippen LogP contribution in [0, 0.1) is 0 Å². The highest BCUT2D eigenvalue weighted by atomic mass is 32.1. The van der Waals surface area contributed by atoms with E-state index in [0.717, 1.165) is 4.88 Å². The Hall–Kier alpha value is -1.40. The van der Waals surface area contributed by atoms with Crippen LogP contribution >= 0.6 is 11.3 Å².